The normalized spacial score (nSPS) is 26.4. The maximum absolute atomic E-state index is 16.8. The van der Waals surface area contributed by atoms with Gasteiger partial charge in [0, 0.05) is 60.0 Å². The number of hydrogen-bond acceptors (Lipinski definition) is 7. The van der Waals surface area contributed by atoms with E-state index in [9.17, 15) is 9.50 Å². The molecule has 0 saturated carbocycles. The quantitative estimate of drug-likeness (QED) is 0.301. The van der Waals surface area contributed by atoms with Crippen LogP contribution in [0.15, 0.2) is 36.4 Å². The molecule has 4 aliphatic heterocycles. The molecular formula is C34H32F3N5O2. The summed E-state index contributed by atoms with van der Waals surface area (Å²) in [5.74, 6) is 1.16. The van der Waals surface area contributed by atoms with Crippen LogP contribution in [-0.4, -0.2) is 76.6 Å². The summed E-state index contributed by atoms with van der Waals surface area (Å²) in [6.45, 7) is 2.65. The molecule has 0 spiro atoms. The zero-order valence-corrected chi connectivity index (χ0v) is 24.1. The van der Waals surface area contributed by atoms with Gasteiger partial charge < -0.3 is 20.1 Å². The number of ether oxygens (including phenoxy) is 1. The van der Waals surface area contributed by atoms with E-state index in [1.807, 2.05) is 0 Å². The lowest BCUT2D eigenvalue weighted by atomic mass is 9.93. The Morgan fingerprint density at radius 3 is 2.73 bits per heavy atom. The molecule has 0 amide bonds. The van der Waals surface area contributed by atoms with Crippen LogP contribution in [0.3, 0.4) is 0 Å². The monoisotopic (exact) mass is 599 g/mol. The van der Waals surface area contributed by atoms with E-state index in [1.165, 1.54) is 18.2 Å². The van der Waals surface area contributed by atoms with E-state index >= 15 is 8.78 Å². The van der Waals surface area contributed by atoms with Crippen LogP contribution >= 0.6 is 0 Å². The average Bonchev–Trinajstić information content (AvgIpc) is 3.65. The fraction of sp³-hybridized carbons (Fsp3) is 0.412. The second-order valence-corrected chi connectivity index (χ2v) is 12.7. The molecule has 2 N–H and O–H groups in total. The van der Waals surface area contributed by atoms with Crippen molar-refractivity contribution >= 4 is 27.5 Å². The smallest absolute Gasteiger partial charge is 0.319 e. The van der Waals surface area contributed by atoms with E-state index in [0.29, 0.717) is 48.2 Å². The number of phenolic OH excluding ortho intramolecular Hbond substituents is 1. The minimum Gasteiger partial charge on any atom is -0.508 e. The Labute approximate surface area is 253 Å². The van der Waals surface area contributed by atoms with E-state index in [2.05, 4.69) is 26.0 Å². The van der Waals surface area contributed by atoms with Crippen LogP contribution in [0.5, 0.6) is 11.8 Å². The van der Waals surface area contributed by atoms with Crippen LogP contribution in [-0.2, 0) is 0 Å². The molecule has 226 valence electrons. The molecule has 2 unspecified atom stereocenters. The lowest BCUT2D eigenvalue weighted by molar-refractivity contribution is 0.107. The van der Waals surface area contributed by atoms with Crippen molar-refractivity contribution in [3.63, 3.8) is 0 Å². The molecule has 4 aliphatic rings. The first-order valence-corrected chi connectivity index (χ1v) is 15.3. The Kier molecular flexibility index (Phi) is 6.40. The van der Waals surface area contributed by atoms with Gasteiger partial charge in [-0.05, 0) is 61.9 Å². The third-order valence-electron chi connectivity index (χ3n) is 9.98. The summed E-state index contributed by atoms with van der Waals surface area (Å²) in [6, 6.07) is 9.75. The number of alkyl halides is 1. The van der Waals surface area contributed by atoms with Gasteiger partial charge in [-0.1, -0.05) is 18.1 Å². The number of nitrogens with one attached hydrogen (secondary N) is 1. The van der Waals surface area contributed by atoms with E-state index in [-0.39, 0.29) is 52.5 Å². The van der Waals surface area contributed by atoms with Gasteiger partial charge in [0.05, 0.1) is 11.1 Å². The molecule has 7 nitrogen and oxygen atoms in total. The van der Waals surface area contributed by atoms with Gasteiger partial charge in [-0.25, -0.2) is 13.2 Å². The number of anilines is 1. The van der Waals surface area contributed by atoms with Crippen molar-refractivity contribution in [2.75, 3.05) is 37.7 Å². The number of aromatic nitrogens is 2. The highest BCUT2D eigenvalue weighted by Crippen LogP contribution is 2.43. The first-order valence-electron chi connectivity index (χ1n) is 15.3. The van der Waals surface area contributed by atoms with Gasteiger partial charge in [-0.3, -0.25) is 4.90 Å². The molecule has 0 aliphatic carbocycles. The molecular weight excluding hydrogens is 567 g/mol. The van der Waals surface area contributed by atoms with Gasteiger partial charge in [0.15, 0.2) is 5.82 Å². The molecule has 44 heavy (non-hydrogen) atoms. The van der Waals surface area contributed by atoms with Crippen LogP contribution in [0, 0.1) is 24.0 Å². The minimum absolute atomic E-state index is 0.0246. The largest absolute Gasteiger partial charge is 0.508 e. The van der Waals surface area contributed by atoms with Crippen molar-refractivity contribution in [3.05, 3.63) is 53.6 Å². The minimum atomic E-state index is -0.920. The molecule has 2 bridgehead atoms. The van der Waals surface area contributed by atoms with Crippen molar-refractivity contribution < 1.29 is 23.0 Å². The van der Waals surface area contributed by atoms with Gasteiger partial charge in [0.25, 0.3) is 0 Å². The van der Waals surface area contributed by atoms with Crippen molar-refractivity contribution in [1.82, 2.24) is 20.2 Å². The Balaban J connectivity index is 1.29. The van der Waals surface area contributed by atoms with E-state index < -0.39 is 23.3 Å². The van der Waals surface area contributed by atoms with Crippen LogP contribution < -0.4 is 15.0 Å². The number of phenols is 1. The summed E-state index contributed by atoms with van der Waals surface area (Å²) >= 11 is 0. The Hall–Kier alpha value is -4.07. The summed E-state index contributed by atoms with van der Waals surface area (Å²) in [5, 5.41) is 15.4. The molecule has 1 aromatic heterocycles. The molecule has 8 rings (SSSR count). The van der Waals surface area contributed by atoms with Crippen molar-refractivity contribution in [3.8, 4) is 35.2 Å². The predicted molar refractivity (Wildman–Crippen MR) is 163 cm³/mol. The number of fused-ring (bicyclic) bond motifs is 5. The predicted octanol–water partition coefficient (Wildman–Crippen LogP) is 5.31. The highest BCUT2D eigenvalue weighted by molar-refractivity contribution is 6.04. The third-order valence-corrected chi connectivity index (χ3v) is 9.98. The first-order chi connectivity index (χ1) is 21.3. The standard InChI is InChI=1S/C34H32F3N5O2/c1-2-19-5-3-6-20-11-24(43)12-25(28(19)20)29-27(36)13-26-31(30(29)37)39-33(40-32(26)41-16-22-7-8-23(17-41)38-22)44-18-34-9-4-10-42(34)15-21(35)14-34/h1,3,5-6,11-13,21-23,38,43H,4,7-10,14-18H2/t21-,22?,23?,34+/m1/s1. The second-order valence-electron chi connectivity index (χ2n) is 12.7. The summed E-state index contributed by atoms with van der Waals surface area (Å²) < 4.78 is 53.6. The molecule has 5 heterocycles. The number of halogens is 3. The van der Waals surface area contributed by atoms with Crippen molar-refractivity contribution in [1.29, 1.82) is 0 Å². The van der Waals surface area contributed by atoms with Gasteiger partial charge in [-0.2, -0.15) is 9.97 Å². The van der Waals surface area contributed by atoms with E-state index in [0.717, 1.165) is 32.2 Å². The molecule has 4 saturated heterocycles. The molecule has 4 fully saturated rings. The Morgan fingerprint density at radius 2 is 1.93 bits per heavy atom. The number of piperazine rings is 1. The Bertz CT molecular complexity index is 1850. The number of nitrogens with zero attached hydrogens (tertiary/aromatic N) is 4. The van der Waals surface area contributed by atoms with Gasteiger partial charge in [0.1, 0.15) is 35.7 Å². The number of terminal acetylenes is 1. The fourth-order valence-corrected chi connectivity index (χ4v) is 8.06. The summed E-state index contributed by atoms with van der Waals surface area (Å²) in [5.41, 5.74) is -0.284. The zero-order valence-electron chi connectivity index (χ0n) is 24.1. The SMILES string of the molecule is C#Cc1cccc2cc(O)cc(-c3c(F)cc4c(N5CC6CCC(C5)N6)nc(OC[C@@]56CCCN5C[C@H](F)C6)nc4c3F)c12. The highest BCUT2D eigenvalue weighted by Gasteiger charge is 2.49. The maximum Gasteiger partial charge on any atom is 0.319 e. The fourth-order valence-electron chi connectivity index (χ4n) is 8.06. The first kappa shape index (κ1) is 27.5. The molecule has 10 heteroatoms. The third kappa shape index (κ3) is 4.36. The molecule has 4 aromatic rings. The summed E-state index contributed by atoms with van der Waals surface area (Å²) in [4.78, 5) is 13.4. The van der Waals surface area contributed by atoms with Crippen LogP contribution in [0.25, 0.3) is 32.8 Å². The summed E-state index contributed by atoms with van der Waals surface area (Å²) in [6.07, 6.45) is 9.03. The van der Waals surface area contributed by atoms with Gasteiger partial charge in [0.2, 0.25) is 0 Å². The zero-order chi connectivity index (χ0) is 30.2. The second kappa shape index (κ2) is 10.2. The van der Waals surface area contributed by atoms with E-state index in [4.69, 9.17) is 16.1 Å². The number of benzene rings is 3. The number of hydrogen-bond donors (Lipinski definition) is 2. The van der Waals surface area contributed by atoms with Gasteiger partial charge >= 0.3 is 6.01 Å². The van der Waals surface area contributed by atoms with Crippen molar-refractivity contribution in [2.24, 2.45) is 0 Å². The average molecular weight is 600 g/mol. The van der Waals surface area contributed by atoms with Crippen molar-refractivity contribution in [2.45, 2.75) is 55.9 Å². The highest BCUT2D eigenvalue weighted by atomic mass is 19.1. The lowest BCUT2D eigenvalue weighted by Crippen LogP contribution is -2.51. The van der Waals surface area contributed by atoms with Gasteiger partial charge in [-0.15, -0.1) is 6.42 Å². The Morgan fingerprint density at radius 1 is 1.11 bits per heavy atom. The number of aromatic hydroxyl groups is 1. The topological polar surface area (TPSA) is 73.8 Å². The number of rotatable bonds is 5. The maximum atomic E-state index is 16.8. The van der Waals surface area contributed by atoms with Crippen LogP contribution in [0.1, 0.15) is 37.7 Å². The lowest BCUT2D eigenvalue weighted by Gasteiger charge is -2.34. The van der Waals surface area contributed by atoms with Crippen LogP contribution in [0.2, 0.25) is 0 Å². The molecule has 4 atom stereocenters. The van der Waals surface area contributed by atoms with Crippen LogP contribution in [0.4, 0.5) is 19.0 Å². The molecule has 0 radical (unpaired) electrons. The summed E-state index contributed by atoms with van der Waals surface area (Å²) in [7, 11) is 0. The molecule has 3 aromatic carbocycles. The van der Waals surface area contributed by atoms with E-state index in [1.54, 1.807) is 18.2 Å².